The quantitative estimate of drug-likeness (QED) is 0.773. The van der Waals surface area contributed by atoms with Crippen LogP contribution in [0.5, 0.6) is 0 Å². The number of aryl methyl sites for hydroxylation is 2. The summed E-state index contributed by atoms with van der Waals surface area (Å²) in [7, 11) is 0. The van der Waals surface area contributed by atoms with E-state index < -0.39 is 0 Å². The predicted octanol–water partition coefficient (Wildman–Crippen LogP) is 4.40. The highest BCUT2D eigenvalue weighted by molar-refractivity contribution is 5.60. The molecule has 0 spiro atoms. The largest absolute Gasteiger partial charge is 0.352 e. The molecule has 0 atom stereocenters. The van der Waals surface area contributed by atoms with E-state index in [4.69, 9.17) is 0 Å². The maximum Gasteiger partial charge on any atom is 0.136 e. The monoisotopic (exact) mass is 330 g/mol. The molecule has 0 bridgehead atoms. The molecule has 1 aromatic heterocycles. The molecule has 0 radical (unpaired) electrons. The van der Waals surface area contributed by atoms with Crippen LogP contribution in [0.1, 0.15) is 22.5 Å². The van der Waals surface area contributed by atoms with Gasteiger partial charge in [-0.05, 0) is 49.1 Å². The Hall–Kier alpha value is -2.88. The standard InChI is InChI=1S/C21H22N4/c1-15-6-5-9-19(12-15)24-20-13-21(23-16(2)22-20)25-11-10-17-7-3-4-8-18(17)14-25/h3-9,12-13H,10-11,14H2,1-2H3,(H,22,23,24). The SMILES string of the molecule is Cc1cccc(Nc2cc(N3CCc4ccccc4C3)nc(C)n2)c1. The van der Waals surface area contributed by atoms with E-state index in [1.165, 1.54) is 16.7 Å². The van der Waals surface area contributed by atoms with Crippen molar-refractivity contribution in [1.82, 2.24) is 9.97 Å². The number of rotatable bonds is 3. The van der Waals surface area contributed by atoms with Gasteiger partial charge in [-0.3, -0.25) is 0 Å². The normalized spacial score (nSPS) is 13.4. The molecule has 126 valence electrons. The molecule has 2 aromatic carbocycles. The summed E-state index contributed by atoms with van der Waals surface area (Å²) in [5, 5.41) is 3.41. The molecule has 1 N–H and O–H groups in total. The number of hydrogen-bond donors (Lipinski definition) is 1. The number of aromatic nitrogens is 2. The summed E-state index contributed by atoms with van der Waals surface area (Å²) in [6.07, 6.45) is 1.06. The van der Waals surface area contributed by atoms with Gasteiger partial charge in [0.25, 0.3) is 0 Å². The minimum Gasteiger partial charge on any atom is -0.352 e. The second-order valence-electron chi connectivity index (χ2n) is 6.59. The smallest absolute Gasteiger partial charge is 0.136 e. The van der Waals surface area contributed by atoms with Crippen molar-refractivity contribution in [3.05, 3.63) is 77.1 Å². The Morgan fingerprint density at radius 1 is 0.920 bits per heavy atom. The first-order valence-corrected chi connectivity index (χ1v) is 8.68. The van der Waals surface area contributed by atoms with Gasteiger partial charge in [-0.25, -0.2) is 9.97 Å². The number of benzene rings is 2. The van der Waals surface area contributed by atoms with Crippen molar-refractivity contribution in [2.75, 3.05) is 16.8 Å². The molecule has 0 saturated heterocycles. The Balaban J connectivity index is 1.60. The molecule has 2 heterocycles. The molecule has 1 aliphatic rings. The lowest BCUT2D eigenvalue weighted by molar-refractivity contribution is 0.717. The second-order valence-corrected chi connectivity index (χ2v) is 6.59. The molecule has 4 heteroatoms. The average Bonchev–Trinajstić information content (AvgIpc) is 2.61. The fourth-order valence-corrected chi connectivity index (χ4v) is 3.34. The first kappa shape index (κ1) is 15.6. The lowest BCUT2D eigenvalue weighted by Gasteiger charge is -2.30. The molecule has 0 aliphatic carbocycles. The third kappa shape index (κ3) is 3.48. The van der Waals surface area contributed by atoms with Gasteiger partial charge in [0, 0.05) is 24.8 Å². The fraction of sp³-hybridized carbons (Fsp3) is 0.238. The summed E-state index contributed by atoms with van der Waals surface area (Å²) >= 11 is 0. The fourth-order valence-electron chi connectivity index (χ4n) is 3.34. The molecular weight excluding hydrogens is 308 g/mol. The van der Waals surface area contributed by atoms with Crippen LogP contribution in [0.25, 0.3) is 0 Å². The van der Waals surface area contributed by atoms with E-state index in [-0.39, 0.29) is 0 Å². The second kappa shape index (κ2) is 6.55. The topological polar surface area (TPSA) is 41.0 Å². The third-order valence-corrected chi connectivity index (χ3v) is 4.57. The third-order valence-electron chi connectivity index (χ3n) is 4.57. The van der Waals surface area contributed by atoms with Gasteiger partial charge in [0.2, 0.25) is 0 Å². The maximum atomic E-state index is 4.66. The zero-order valence-electron chi connectivity index (χ0n) is 14.7. The molecule has 4 nitrogen and oxygen atoms in total. The van der Waals surface area contributed by atoms with Gasteiger partial charge in [-0.2, -0.15) is 0 Å². The number of nitrogens with zero attached hydrogens (tertiary/aromatic N) is 3. The summed E-state index contributed by atoms with van der Waals surface area (Å²) in [6, 6.07) is 19.0. The Labute approximate surface area is 148 Å². The van der Waals surface area contributed by atoms with Crippen molar-refractivity contribution in [3.63, 3.8) is 0 Å². The van der Waals surface area contributed by atoms with Gasteiger partial charge in [0.05, 0.1) is 0 Å². The highest BCUT2D eigenvalue weighted by Crippen LogP contribution is 2.25. The van der Waals surface area contributed by atoms with E-state index in [2.05, 4.69) is 69.6 Å². The van der Waals surface area contributed by atoms with Crippen LogP contribution in [0.15, 0.2) is 54.6 Å². The summed E-state index contributed by atoms with van der Waals surface area (Å²) < 4.78 is 0. The van der Waals surface area contributed by atoms with E-state index >= 15 is 0 Å². The first-order valence-electron chi connectivity index (χ1n) is 8.68. The number of nitrogens with one attached hydrogen (secondary N) is 1. The highest BCUT2D eigenvalue weighted by atomic mass is 15.2. The van der Waals surface area contributed by atoms with E-state index in [9.17, 15) is 0 Å². The van der Waals surface area contributed by atoms with E-state index in [0.717, 1.165) is 42.7 Å². The maximum absolute atomic E-state index is 4.66. The van der Waals surface area contributed by atoms with Crippen molar-refractivity contribution in [2.24, 2.45) is 0 Å². The van der Waals surface area contributed by atoms with Crippen LogP contribution in [0.4, 0.5) is 17.3 Å². The number of anilines is 3. The van der Waals surface area contributed by atoms with Gasteiger partial charge < -0.3 is 10.2 Å². The molecular formula is C21H22N4. The van der Waals surface area contributed by atoms with Crippen molar-refractivity contribution < 1.29 is 0 Å². The minimum atomic E-state index is 0.784. The predicted molar refractivity (Wildman–Crippen MR) is 102 cm³/mol. The van der Waals surface area contributed by atoms with Gasteiger partial charge in [-0.1, -0.05) is 36.4 Å². The van der Waals surface area contributed by atoms with Crippen LogP contribution < -0.4 is 10.2 Å². The molecule has 0 unspecified atom stereocenters. The molecule has 0 amide bonds. The Morgan fingerprint density at radius 3 is 2.60 bits per heavy atom. The van der Waals surface area contributed by atoms with Crippen LogP contribution in [0.3, 0.4) is 0 Å². The van der Waals surface area contributed by atoms with Crippen LogP contribution in [-0.2, 0) is 13.0 Å². The van der Waals surface area contributed by atoms with Crippen molar-refractivity contribution in [1.29, 1.82) is 0 Å². The summed E-state index contributed by atoms with van der Waals surface area (Å²) in [4.78, 5) is 11.5. The molecule has 0 fully saturated rings. The van der Waals surface area contributed by atoms with Crippen LogP contribution >= 0.6 is 0 Å². The van der Waals surface area contributed by atoms with Crippen LogP contribution in [0.2, 0.25) is 0 Å². The lowest BCUT2D eigenvalue weighted by atomic mass is 10.00. The van der Waals surface area contributed by atoms with E-state index in [1.807, 2.05) is 19.1 Å². The average molecular weight is 330 g/mol. The van der Waals surface area contributed by atoms with Gasteiger partial charge >= 0.3 is 0 Å². The Morgan fingerprint density at radius 2 is 1.76 bits per heavy atom. The number of hydrogen-bond acceptors (Lipinski definition) is 4. The van der Waals surface area contributed by atoms with Crippen LogP contribution in [0, 0.1) is 13.8 Å². The first-order chi connectivity index (χ1) is 12.2. The van der Waals surface area contributed by atoms with Crippen LogP contribution in [-0.4, -0.2) is 16.5 Å². The highest BCUT2D eigenvalue weighted by Gasteiger charge is 2.18. The minimum absolute atomic E-state index is 0.784. The summed E-state index contributed by atoms with van der Waals surface area (Å²) in [5.41, 5.74) is 5.11. The molecule has 1 aliphatic heterocycles. The molecule has 0 saturated carbocycles. The Bertz CT molecular complexity index is 904. The zero-order valence-corrected chi connectivity index (χ0v) is 14.7. The summed E-state index contributed by atoms with van der Waals surface area (Å²) in [5.74, 6) is 2.61. The zero-order chi connectivity index (χ0) is 17.2. The van der Waals surface area contributed by atoms with Crippen molar-refractivity contribution >= 4 is 17.3 Å². The van der Waals surface area contributed by atoms with Crippen molar-refractivity contribution in [2.45, 2.75) is 26.8 Å². The Kier molecular flexibility index (Phi) is 4.10. The van der Waals surface area contributed by atoms with E-state index in [0.29, 0.717) is 0 Å². The number of fused-ring (bicyclic) bond motifs is 1. The van der Waals surface area contributed by atoms with E-state index in [1.54, 1.807) is 0 Å². The molecule has 3 aromatic rings. The van der Waals surface area contributed by atoms with Crippen molar-refractivity contribution in [3.8, 4) is 0 Å². The summed E-state index contributed by atoms with van der Waals surface area (Å²) in [6.45, 7) is 5.92. The lowest BCUT2D eigenvalue weighted by Crippen LogP contribution is -2.31. The van der Waals surface area contributed by atoms with Gasteiger partial charge in [0.15, 0.2) is 0 Å². The molecule has 25 heavy (non-hydrogen) atoms. The van der Waals surface area contributed by atoms with Gasteiger partial charge in [0.1, 0.15) is 17.5 Å². The van der Waals surface area contributed by atoms with Gasteiger partial charge in [-0.15, -0.1) is 0 Å². The molecule has 4 rings (SSSR count).